The monoisotopic (exact) mass is 300 g/mol. The molecular formula is C15H25ClN2O2. The summed E-state index contributed by atoms with van der Waals surface area (Å²) in [5.74, 6) is 0.838. The van der Waals surface area contributed by atoms with Gasteiger partial charge in [-0.15, -0.1) is 12.4 Å². The topological polar surface area (TPSA) is 64.3 Å². The molecule has 0 aliphatic rings. The Morgan fingerprint density at radius 2 is 2.00 bits per heavy atom. The standard InChI is InChI=1S/C15H24N2O2.ClH/c1-2-19-14-9-7-8-13(12-14)17-15(18)10-5-3-4-6-11-16;/h7-9,12H,2-6,10-11,16H2,1H3,(H,17,18);1H. The molecule has 0 radical (unpaired) electrons. The number of halogens is 1. The van der Waals surface area contributed by atoms with Gasteiger partial charge in [0.15, 0.2) is 0 Å². The molecule has 0 fully saturated rings. The second kappa shape index (κ2) is 11.6. The SMILES string of the molecule is CCOc1cccc(NC(=O)CCCCCCN)c1.Cl. The molecule has 114 valence electrons. The van der Waals surface area contributed by atoms with Crippen LogP contribution in [0.1, 0.15) is 39.0 Å². The number of carbonyl (C=O) groups is 1. The minimum Gasteiger partial charge on any atom is -0.494 e. The molecule has 0 saturated carbocycles. The fraction of sp³-hybridized carbons (Fsp3) is 0.533. The Bertz CT molecular complexity index is 386. The minimum absolute atomic E-state index is 0. The highest BCUT2D eigenvalue weighted by Crippen LogP contribution is 2.17. The average Bonchev–Trinajstić information content (AvgIpc) is 2.39. The van der Waals surface area contributed by atoms with Crippen molar-refractivity contribution in [2.75, 3.05) is 18.5 Å². The van der Waals surface area contributed by atoms with Crippen LogP contribution in [-0.2, 0) is 4.79 Å². The highest BCUT2D eigenvalue weighted by atomic mass is 35.5. The lowest BCUT2D eigenvalue weighted by atomic mass is 10.1. The molecule has 20 heavy (non-hydrogen) atoms. The molecular weight excluding hydrogens is 276 g/mol. The molecule has 4 nitrogen and oxygen atoms in total. The number of unbranched alkanes of at least 4 members (excludes halogenated alkanes) is 3. The van der Waals surface area contributed by atoms with Crippen molar-refractivity contribution in [3.8, 4) is 5.75 Å². The van der Waals surface area contributed by atoms with E-state index in [0.717, 1.165) is 43.7 Å². The molecule has 0 heterocycles. The van der Waals surface area contributed by atoms with Gasteiger partial charge in [-0.2, -0.15) is 0 Å². The molecule has 0 saturated heterocycles. The lowest BCUT2D eigenvalue weighted by Gasteiger charge is -2.08. The van der Waals surface area contributed by atoms with Crippen LogP contribution in [0.2, 0.25) is 0 Å². The van der Waals surface area contributed by atoms with E-state index in [4.69, 9.17) is 10.5 Å². The number of ether oxygens (including phenoxy) is 1. The molecule has 0 aliphatic carbocycles. The Labute approximate surface area is 127 Å². The quantitative estimate of drug-likeness (QED) is 0.687. The predicted molar refractivity (Wildman–Crippen MR) is 85.6 cm³/mol. The summed E-state index contributed by atoms with van der Waals surface area (Å²) < 4.78 is 5.39. The Hall–Kier alpha value is -1.26. The molecule has 0 aromatic heterocycles. The van der Waals surface area contributed by atoms with Crippen LogP contribution in [0.4, 0.5) is 5.69 Å². The van der Waals surface area contributed by atoms with Crippen LogP contribution in [-0.4, -0.2) is 19.1 Å². The van der Waals surface area contributed by atoms with Crippen molar-refractivity contribution < 1.29 is 9.53 Å². The lowest BCUT2D eigenvalue weighted by molar-refractivity contribution is -0.116. The van der Waals surface area contributed by atoms with Gasteiger partial charge in [0.2, 0.25) is 5.91 Å². The van der Waals surface area contributed by atoms with Gasteiger partial charge < -0.3 is 15.8 Å². The maximum atomic E-state index is 11.7. The molecule has 3 N–H and O–H groups in total. The van der Waals surface area contributed by atoms with E-state index >= 15 is 0 Å². The number of hydrogen-bond donors (Lipinski definition) is 2. The molecule has 0 unspecified atom stereocenters. The van der Waals surface area contributed by atoms with Crippen molar-refractivity contribution in [1.82, 2.24) is 0 Å². The summed E-state index contributed by atoms with van der Waals surface area (Å²) in [6.07, 6.45) is 4.67. The maximum absolute atomic E-state index is 11.7. The molecule has 5 heteroatoms. The van der Waals surface area contributed by atoms with E-state index in [2.05, 4.69) is 5.32 Å². The van der Waals surface area contributed by atoms with Crippen molar-refractivity contribution in [2.24, 2.45) is 5.73 Å². The van der Waals surface area contributed by atoms with E-state index < -0.39 is 0 Å². The Morgan fingerprint density at radius 3 is 2.70 bits per heavy atom. The fourth-order valence-corrected chi connectivity index (χ4v) is 1.84. The van der Waals surface area contributed by atoms with Crippen LogP contribution >= 0.6 is 12.4 Å². The third kappa shape index (κ3) is 8.02. The Morgan fingerprint density at radius 1 is 1.25 bits per heavy atom. The van der Waals surface area contributed by atoms with Crippen molar-refractivity contribution >= 4 is 24.0 Å². The Kier molecular flexibility index (Phi) is 10.8. The number of amides is 1. The maximum Gasteiger partial charge on any atom is 0.224 e. The van der Waals surface area contributed by atoms with Gasteiger partial charge in [-0.25, -0.2) is 0 Å². The third-order valence-corrected chi connectivity index (χ3v) is 2.79. The van der Waals surface area contributed by atoms with Crippen molar-refractivity contribution in [3.63, 3.8) is 0 Å². The summed E-state index contributed by atoms with van der Waals surface area (Å²) in [7, 11) is 0. The molecule has 1 aromatic carbocycles. The van der Waals surface area contributed by atoms with Gasteiger partial charge in [0.25, 0.3) is 0 Å². The molecule has 0 atom stereocenters. The highest BCUT2D eigenvalue weighted by Gasteiger charge is 2.03. The number of nitrogens with one attached hydrogen (secondary N) is 1. The summed E-state index contributed by atoms with van der Waals surface area (Å²) in [6, 6.07) is 7.47. The molecule has 0 bridgehead atoms. The number of hydrogen-bond acceptors (Lipinski definition) is 3. The number of anilines is 1. The number of benzene rings is 1. The first-order valence-electron chi connectivity index (χ1n) is 6.99. The second-order valence-corrected chi connectivity index (χ2v) is 4.46. The van der Waals surface area contributed by atoms with E-state index in [0.29, 0.717) is 13.0 Å². The van der Waals surface area contributed by atoms with Crippen molar-refractivity contribution in [1.29, 1.82) is 0 Å². The van der Waals surface area contributed by atoms with Crippen LogP contribution in [0.5, 0.6) is 5.75 Å². The van der Waals surface area contributed by atoms with Crippen LogP contribution in [0.15, 0.2) is 24.3 Å². The predicted octanol–water partition coefficient (Wildman–Crippen LogP) is 3.35. The van der Waals surface area contributed by atoms with Gasteiger partial charge in [0.05, 0.1) is 6.61 Å². The first kappa shape index (κ1) is 18.7. The molecule has 0 spiro atoms. The highest BCUT2D eigenvalue weighted by molar-refractivity contribution is 5.90. The summed E-state index contributed by atoms with van der Waals surface area (Å²) in [4.78, 5) is 11.7. The van der Waals surface area contributed by atoms with Gasteiger partial charge >= 0.3 is 0 Å². The summed E-state index contributed by atoms with van der Waals surface area (Å²) >= 11 is 0. The summed E-state index contributed by atoms with van der Waals surface area (Å²) in [5, 5.41) is 2.89. The second-order valence-electron chi connectivity index (χ2n) is 4.46. The van der Waals surface area contributed by atoms with Crippen LogP contribution in [0.25, 0.3) is 0 Å². The summed E-state index contributed by atoms with van der Waals surface area (Å²) in [6.45, 7) is 3.29. The van der Waals surface area contributed by atoms with Gasteiger partial charge in [-0.1, -0.05) is 18.9 Å². The minimum atomic E-state index is 0. The van der Waals surface area contributed by atoms with Crippen LogP contribution < -0.4 is 15.8 Å². The number of nitrogens with two attached hydrogens (primary N) is 1. The number of rotatable bonds is 9. The fourth-order valence-electron chi connectivity index (χ4n) is 1.84. The first-order chi connectivity index (χ1) is 9.26. The zero-order chi connectivity index (χ0) is 13.9. The van der Waals surface area contributed by atoms with E-state index in [1.54, 1.807) is 0 Å². The molecule has 1 aromatic rings. The third-order valence-electron chi connectivity index (χ3n) is 2.79. The van der Waals surface area contributed by atoms with E-state index in [1.165, 1.54) is 0 Å². The van der Waals surface area contributed by atoms with Crippen LogP contribution in [0.3, 0.4) is 0 Å². The van der Waals surface area contributed by atoms with E-state index in [9.17, 15) is 4.79 Å². The van der Waals surface area contributed by atoms with Crippen molar-refractivity contribution in [2.45, 2.75) is 39.0 Å². The van der Waals surface area contributed by atoms with Crippen LogP contribution in [0, 0.1) is 0 Å². The van der Waals surface area contributed by atoms with Gasteiger partial charge in [-0.3, -0.25) is 4.79 Å². The normalized spacial score (nSPS) is 9.70. The molecule has 1 amide bonds. The Balaban J connectivity index is 0.00000361. The largest absolute Gasteiger partial charge is 0.494 e. The van der Waals surface area contributed by atoms with Gasteiger partial charge in [0.1, 0.15) is 5.75 Å². The number of carbonyl (C=O) groups excluding carboxylic acids is 1. The van der Waals surface area contributed by atoms with E-state index in [1.807, 2.05) is 31.2 Å². The zero-order valence-corrected chi connectivity index (χ0v) is 12.9. The average molecular weight is 301 g/mol. The zero-order valence-electron chi connectivity index (χ0n) is 12.1. The van der Waals surface area contributed by atoms with E-state index in [-0.39, 0.29) is 18.3 Å². The molecule has 1 rings (SSSR count). The van der Waals surface area contributed by atoms with Crippen molar-refractivity contribution in [3.05, 3.63) is 24.3 Å². The van der Waals surface area contributed by atoms with Gasteiger partial charge in [0, 0.05) is 18.2 Å². The first-order valence-corrected chi connectivity index (χ1v) is 6.99. The molecule has 0 aliphatic heterocycles. The lowest BCUT2D eigenvalue weighted by Crippen LogP contribution is -2.11. The summed E-state index contributed by atoms with van der Waals surface area (Å²) in [5.41, 5.74) is 6.21. The van der Waals surface area contributed by atoms with Gasteiger partial charge in [-0.05, 0) is 38.4 Å². The smallest absolute Gasteiger partial charge is 0.224 e.